The van der Waals surface area contributed by atoms with Crippen LogP contribution in [0.5, 0.6) is 5.75 Å². The largest absolute Gasteiger partial charge is 0.494 e. The summed E-state index contributed by atoms with van der Waals surface area (Å²) in [6.45, 7) is 3.85. The quantitative estimate of drug-likeness (QED) is 0.283. The molecule has 133 valence electrons. The average molecular weight is 333 g/mol. The molecule has 0 fully saturated rings. The highest BCUT2D eigenvalue weighted by atomic mass is 16.5. The fraction of sp³-hybridized carbons (Fsp3) is 0.500. The van der Waals surface area contributed by atoms with E-state index in [0.717, 1.165) is 31.1 Å². The van der Waals surface area contributed by atoms with Crippen LogP contribution in [0.3, 0.4) is 0 Å². The van der Waals surface area contributed by atoms with Gasteiger partial charge in [0.1, 0.15) is 11.9 Å². The van der Waals surface area contributed by atoms with Gasteiger partial charge in [-0.1, -0.05) is 63.6 Å². The minimum Gasteiger partial charge on any atom is -0.494 e. The van der Waals surface area contributed by atoms with Crippen molar-refractivity contribution < 1.29 is 19.4 Å². The first-order chi connectivity index (χ1) is 11.7. The van der Waals surface area contributed by atoms with Gasteiger partial charge in [-0.15, -0.1) is 0 Å². The van der Waals surface area contributed by atoms with Gasteiger partial charge in [0.15, 0.2) is 6.61 Å². The molecule has 0 saturated carbocycles. The highest BCUT2D eigenvalue weighted by Crippen LogP contribution is 2.16. The molecule has 1 radical (unpaired) electrons. The topological polar surface area (TPSA) is 55.8 Å². The van der Waals surface area contributed by atoms with Crippen LogP contribution in [0.15, 0.2) is 42.7 Å². The van der Waals surface area contributed by atoms with E-state index in [2.05, 4.69) is 6.92 Å². The Balaban J connectivity index is 2.30. The highest BCUT2D eigenvalue weighted by Gasteiger charge is 2.11. The number of benzene rings is 1. The van der Waals surface area contributed by atoms with Crippen LogP contribution in [-0.2, 0) is 9.53 Å². The Labute approximate surface area is 145 Å². The summed E-state index contributed by atoms with van der Waals surface area (Å²) in [5.74, 6) is -0.276. The van der Waals surface area contributed by atoms with E-state index in [1.54, 1.807) is 6.61 Å². The van der Waals surface area contributed by atoms with Crippen LogP contribution in [0.1, 0.15) is 58.3 Å². The number of unbranched alkanes of at least 4 members (excludes halogenated alkanes) is 6. The number of ether oxygens (including phenoxy) is 2. The first kappa shape index (κ1) is 20.1. The molecule has 4 heteroatoms. The lowest BCUT2D eigenvalue weighted by Gasteiger charge is -2.16. The monoisotopic (exact) mass is 333 g/mol. The molecule has 4 nitrogen and oxygen atoms in total. The summed E-state index contributed by atoms with van der Waals surface area (Å²) in [7, 11) is 0. The van der Waals surface area contributed by atoms with Gasteiger partial charge in [0.25, 0.3) is 0 Å². The van der Waals surface area contributed by atoms with Crippen molar-refractivity contribution in [2.24, 2.45) is 0 Å². The van der Waals surface area contributed by atoms with Crippen molar-refractivity contribution in [1.82, 2.24) is 0 Å². The van der Waals surface area contributed by atoms with Crippen LogP contribution in [0.2, 0.25) is 0 Å². The van der Waals surface area contributed by atoms with Gasteiger partial charge in [-0.3, -0.25) is 0 Å². The Morgan fingerprint density at radius 1 is 1.08 bits per heavy atom. The summed E-state index contributed by atoms with van der Waals surface area (Å²) >= 11 is 0. The van der Waals surface area contributed by atoms with E-state index >= 15 is 0 Å². The molecule has 0 spiro atoms. The van der Waals surface area contributed by atoms with Gasteiger partial charge in [-0.05, 0) is 25.0 Å². The van der Waals surface area contributed by atoms with E-state index in [1.165, 1.54) is 38.4 Å². The Morgan fingerprint density at radius 3 is 2.42 bits per heavy atom. The molecule has 1 unspecified atom stereocenters. The van der Waals surface area contributed by atoms with Crippen molar-refractivity contribution in [1.29, 1.82) is 0 Å². The fourth-order valence-electron chi connectivity index (χ4n) is 2.32. The molecule has 24 heavy (non-hydrogen) atoms. The number of carboxylic acids is 1. The van der Waals surface area contributed by atoms with Crippen molar-refractivity contribution >= 4 is 5.97 Å². The maximum Gasteiger partial charge on any atom is 0.331 e. The van der Waals surface area contributed by atoms with Gasteiger partial charge in [0.05, 0.1) is 12.3 Å². The van der Waals surface area contributed by atoms with Crippen molar-refractivity contribution in [3.63, 3.8) is 0 Å². The maximum absolute atomic E-state index is 10.5. The standard InChI is InChI=1S/C20H29O4/c1-2-3-4-5-6-7-9-14-19(23-16-15-20(21)22)17-24-18-12-10-8-11-13-18/h8,10-13,15-17,19H,2-7,9,14H2,1H3,(H,21,22). The van der Waals surface area contributed by atoms with E-state index in [4.69, 9.17) is 14.6 Å². The summed E-state index contributed by atoms with van der Waals surface area (Å²) in [5, 5.41) is 8.64. The molecule has 0 aliphatic carbocycles. The lowest BCUT2D eigenvalue weighted by atomic mass is 10.1. The number of carboxylic acid groups (broad SMARTS) is 1. The molecule has 1 N–H and O–H groups in total. The predicted octanol–water partition coefficient (Wildman–Crippen LogP) is 5.35. The number of rotatable bonds is 14. The predicted molar refractivity (Wildman–Crippen MR) is 95.6 cm³/mol. The van der Waals surface area contributed by atoms with E-state index < -0.39 is 5.97 Å². The minimum absolute atomic E-state index is 0.253. The number of hydrogen-bond acceptors (Lipinski definition) is 3. The molecule has 0 bridgehead atoms. The third-order valence-electron chi connectivity index (χ3n) is 3.66. The average Bonchev–Trinajstić information content (AvgIpc) is 2.59. The lowest BCUT2D eigenvalue weighted by Crippen LogP contribution is -2.14. The zero-order valence-electron chi connectivity index (χ0n) is 14.5. The Kier molecular flexibility index (Phi) is 11.3. The lowest BCUT2D eigenvalue weighted by molar-refractivity contribution is -0.131. The molecule has 1 aromatic rings. The molecule has 1 rings (SSSR count). The third-order valence-corrected chi connectivity index (χ3v) is 3.66. The molecule has 0 heterocycles. The van der Waals surface area contributed by atoms with E-state index in [0.29, 0.717) is 0 Å². The van der Waals surface area contributed by atoms with Gasteiger partial charge in [-0.25, -0.2) is 4.79 Å². The summed E-state index contributed by atoms with van der Waals surface area (Å²) in [6.07, 6.45) is 11.4. The second-order valence-corrected chi connectivity index (χ2v) is 5.79. The fourth-order valence-corrected chi connectivity index (χ4v) is 2.32. The van der Waals surface area contributed by atoms with E-state index in [9.17, 15) is 4.79 Å². The first-order valence-corrected chi connectivity index (χ1v) is 8.82. The van der Waals surface area contributed by atoms with Crippen LogP contribution < -0.4 is 4.74 Å². The Bertz CT molecular complexity index is 456. The molecular weight excluding hydrogens is 304 g/mol. The zero-order chi connectivity index (χ0) is 17.5. The second kappa shape index (κ2) is 13.5. The summed E-state index contributed by atoms with van der Waals surface area (Å²) in [5.41, 5.74) is 0. The van der Waals surface area contributed by atoms with Crippen LogP contribution in [0.4, 0.5) is 0 Å². The summed E-state index contributed by atoms with van der Waals surface area (Å²) in [6, 6.07) is 9.47. The molecule has 0 amide bonds. The molecule has 0 saturated heterocycles. The number of aliphatic carboxylic acids is 1. The van der Waals surface area contributed by atoms with Crippen LogP contribution in [0.25, 0.3) is 0 Å². The van der Waals surface area contributed by atoms with E-state index in [-0.39, 0.29) is 6.10 Å². The maximum atomic E-state index is 10.5. The van der Waals surface area contributed by atoms with Gasteiger partial charge >= 0.3 is 5.97 Å². The number of hydrogen-bond donors (Lipinski definition) is 1. The normalized spacial score (nSPS) is 12.2. The Morgan fingerprint density at radius 2 is 1.75 bits per heavy atom. The van der Waals surface area contributed by atoms with E-state index in [1.807, 2.05) is 30.3 Å². The highest BCUT2D eigenvalue weighted by molar-refractivity contribution is 5.79. The van der Waals surface area contributed by atoms with Crippen LogP contribution in [-0.4, -0.2) is 17.2 Å². The van der Waals surface area contributed by atoms with Crippen LogP contribution >= 0.6 is 0 Å². The SMILES string of the molecule is CCCCCCCCCC([CH]Oc1ccccc1)OC=CC(=O)O. The van der Waals surface area contributed by atoms with Crippen molar-refractivity contribution in [3.8, 4) is 5.75 Å². The van der Waals surface area contributed by atoms with Gasteiger partial charge in [0, 0.05) is 0 Å². The molecule has 1 atom stereocenters. The molecular formula is C20H29O4. The zero-order valence-corrected chi connectivity index (χ0v) is 14.5. The third kappa shape index (κ3) is 10.7. The van der Waals surface area contributed by atoms with Gasteiger partial charge in [0.2, 0.25) is 0 Å². The number of para-hydroxylation sites is 1. The smallest absolute Gasteiger partial charge is 0.331 e. The van der Waals surface area contributed by atoms with Crippen molar-refractivity contribution in [2.45, 2.75) is 64.4 Å². The first-order valence-electron chi connectivity index (χ1n) is 8.82. The van der Waals surface area contributed by atoms with Gasteiger partial charge < -0.3 is 14.6 Å². The Hall–Kier alpha value is -1.97. The summed E-state index contributed by atoms with van der Waals surface area (Å²) < 4.78 is 11.1. The second-order valence-electron chi connectivity index (χ2n) is 5.79. The van der Waals surface area contributed by atoms with Crippen molar-refractivity contribution in [3.05, 3.63) is 49.3 Å². The molecule has 0 aromatic heterocycles. The van der Waals surface area contributed by atoms with Crippen molar-refractivity contribution in [2.75, 3.05) is 0 Å². The summed E-state index contributed by atoms with van der Waals surface area (Å²) in [4.78, 5) is 10.5. The molecule has 1 aromatic carbocycles. The number of carbonyl (C=O) groups is 1. The van der Waals surface area contributed by atoms with Gasteiger partial charge in [-0.2, -0.15) is 0 Å². The minimum atomic E-state index is -1.02. The molecule has 0 aliphatic rings. The molecule has 0 aliphatic heterocycles. The van der Waals surface area contributed by atoms with Crippen LogP contribution in [0, 0.1) is 6.61 Å².